The molecule has 10 heteroatoms. The van der Waals surface area contributed by atoms with Gasteiger partial charge in [0.2, 0.25) is 0 Å². The van der Waals surface area contributed by atoms with Crippen molar-refractivity contribution in [3.63, 3.8) is 0 Å². The van der Waals surface area contributed by atoms with Crippen molar-refractivity contribution in [1.29, 1.82) is 0 Å². The molecule has 1 heterocycles. The number of nitrogens with zero attached hydrogens (tertiary/aromatic N) is 2. The molecule has 0 saturated heterocycles. The third-order valence-corrected chi connectivity index (χ3v) is 4.28. The van der Waals surface area contributed by atoms with Crippen molar-refractivity contribution in [1.82, 2.24) is 4.98 Å². The van der Waals surface area contributed by atoms with Crippen molar-refractivity contribution in [2.24, 2.45) is 5.10 Å². The maximum absolute atomic E-state index is 11.1. The Balaban J connectivity index is 2.40. The average Bonchev–Trinajstić information content (AvgIpc) is 2.57. The van der Waals surface area contributed by atoms with Gasteiger partial charge in [-0.15, -0.1) is 0 Å². The number of anilines is 1. The lowest BCUT2D eigenvalue weighted by Crippen LogP contribution is -2.06. The maximum Gasteiger partial charge on any atom is 0.356 e. The van der Waals surface area contributed by atoms with Gasteiger partial charge in [0.25, 0.3) is 0 Å². The highest BCUT2D eigenvalue weighted by atomic mass is 35.5. The number of aromatic carboxylic acids is 1. The van der Waals surface area contributed by atoms with Crippen molar-refractivity contribution in [2.45, 2.75) is 6.92 Å². The van der Waals surface area contributed by atoms with Gasteiger partial charge in [0.05, 0.1) is 18.5 Å². The second kappa shape index (κ2) is 7.77. The minimum Gasteiger partial charge on any atom is -0.507 e. The van der Waals surface area contributed by atoms with Crippen LogP contribution in [0, 0.1) is 0 Å². The molecule has 0 atom stereocenters. The van der Waals surface area contributed by atoms with E-state index in [9.17, 15) is 9.90 Å². The summed E-state index contributed by atoms with van der Waals surface area (Å²) in [4.78, 5) is 14.8. The number of aromatic nitrogens is 1. The van der Waals surface area contributed by atoms with Crippen molar-refractivity contribution in [3.05, 3.63) is 44.7 Å². The Bertz CT molecular complexity index is 872. The van der Waals surface area contributed by atoms with Crippen LogP contribution in [-0.2, 0) is 0 Å². The van der Waals surface area contributed by atoms with Gasteiger partial charge in [-0.2, -0.15) is 5.10 Å². The number of nitrogens with one attached hydrogen (secondary N) is 1. The van der Waals surface area contributed by atoms with Gasteiger partial charge in [-0.05, 0) is 19.1 Å². The molecule has 0 bridgehead atoms. The van der Waals surface area contributed by atoms with Crippen LogP contribution in [0.2, 0.25) is 15.2 Å². The summed E-state index contributed by atoms with van der Waals surface area (Å²) in [5, 5.41) is 22.6. The first-order valence-corrected chi connectivity index (χ1v) is 7.85. The topological polar surface area (TPSA) is 104 Å². The quantitative estimate of drug-likeness (QED) is 0.390. The van der Waals surface area contributed by atoms with E-state index >= 15 is 0 Å². The zero-order valence-corrected chi connectivity index (χ0v) is 15.2. The second-order valence-corrected chi connectivity index (χ2v) is 5.87. The number of carboxylic acids is 1. The minimum atomic E-state index is -1.36. The van der Waals surface area contributed by atoms with Crippen LogP contribution in [0.5, 0.6) is 11.5 Å². The smallest absolute Gasteiger partial charge is 0.356 e. The van der Waals surface area contributed by atoms with E-state index in [1.807, 2.05) is 0 Å². The number of hydrogen-bond acceptors (Lipinski definition) is 6. The van der Waals surface area contributed by atoms with Crippen LogP contribution < -0.4 is 10.2 Å². The molecule has 7 nitrogen and oxygen atoms in total. The SMILES string of the molecule is COc1ccc(/C(C)=N/Nc2c(Cl)c(Cl)nc(C(=O)O)c2Cl)c(O)c1. The molecule has 0 unspecified atom stereocenters. The van der Waals surface area contributed by atoms with Gasteiger partial charge in [0.1, 0.15) is 21.5 Å². The molecular weight excluding hydrogens is 393 g/mol. The van der Waals surface area contributed by atoms with Crippen LogP contribution >= 0.6 is 34.8 Å². The molecule has 0 aliphatic rings. The van der Waals surface area contributed by atoms with Crippen LogP contribution in [0.25, 0.3) is 0 Å². The molecule has 0 aliphatic heterocycles. The van der Waals surface area contributed by atoms with Crippen molar-refractivity contribution in [2.75, 3.05) is 12.5 Å². The van der Waals surface area contributed by atoms with Gasteiger partial charge >= 0.3 is 5.97 Å². The normalized spacial score (nSPS) is 11.3. The fourth-order valence-electron chi connectivity index (χ4n) is 1.90. The molecule has 0 amide bonds. The second-order valence-electron chi connectivity index (χ2n) is 4.75. The van der Waals surface area contributed by atoms with E-state index in [1.165, 1.54) is 13.2 Å². The molecular formula is C15H12Cl3N3O4. The van der Waals surface area contributed by atoms with E-state index in [4.69, 9.17) is 44.6 Å². The van der Waals surface area contributed by atoms with Crippen LogP contribution in [0.3, 0.4) is 0 Å². The molecule has 1 aromatic heterocycles. The molecule has 25 heavy (non-hydrogen) atoms. The highest BCUT2D eigenvalue weighted by Crippen LogP contribution is 2.37. The first-order valence-electron chi connectivity index (χ1n) is 6.71. The first-order chi connectivity index (χ1) is 11.8. The zero-order valence-electron chi connectivity index (χ0n) is 13.0. The van der Waals surface area contributed by atoms with Gasteiger partial charge in [-0.1, -0.05) is 34.8 Å². The Morgan fingerprint density at radius 2 is 1.96 bits per heavy atom. The molecule has 0 radical (unpaired) electrons. The predicted molar refractivity (Wildman–Crippen MR) is 96.7 cm³/mol. The highest BCUT2D eigenvalue weighted by molar-refractivity contribution is 6.46. The van der Waals surface area contributed by atoms with Crippen LogP contribution in [-0.4, -0.2) is 34.0 Å². The summed E-state index contributed by atoms with van der Waals surface area (Å²) in [7, 11) is 1.48. The molecule has 1 aromatic carbocycles. The lowest BCUT2D eigenvalue weighted by atomic mass is 10.1. The minimum absolute atomic E-state index is 0.00640. The Morgan fingerprint density at radius 1 is 1.28 bits per heavy atom. The number of rotatable bonds is 5. The third kappa shape index (κ3) is 4.07. The Hall–Kier alpha value is -2.22. The number of halogens is 3. The number of ether oxygens (including phenoxy) is 1. The van der Waals surface area contributed by atoms with Gasteiger partial charge in [0.15, 0.2) is 10.8 Å². The number of benzene rings is 1. The van der Waals surface area contributed by atoms with Crippen LogP contribution in [0.1, 0.15) is 23.0 Å². The summed E-state index contributed by atoms with van der Waals surface area (Å²) >= 11 is 17.8. The molecule has 2 rings (SSSR count). The Morgan fingerprint density at radius 3 is 2.52 bits per heavy atom. The molecule has 3 N–H and O–H groups in total. The molecule has 0 spiro atoms. The number of methoxy groups -OCH3 is 1. The fraction of sp³-hybridized carbons (Fsp3) is 0.133. The molecule has 2 aromatic rings. The summed E-state index contributed by atoms with van der Waals surface area (Å²) in [5.41, 5.74) is 2.92. The standard InChI is InChI=1S/C15H12Cl3N3O4/c1-6(8-4-3-7(25-2)5-9(8)22)20-21-12-10(16)13(15(23)24)19-14(18)11(12)17/h3-5,22H,1-2H3,(H,19,21)(H,23,24)/b20-6+. The van der Waals surface area contributed by atoms with Gasteiger partial charge in [-0.3, -0.25) is 5.43 Å². The number of phenolic OH excluding ortho intramolecular Hbond substituents is 1. The maximum atomic E-state index is 11.1. The van der Waals surface area contributed by atoms with Crippen molar-refractivity contribution < 1.29 is 19.7 Å². The van der Waals surface area contributed by atoms with E-state index in [0.29, 0.717) is 17.0 Å². The van der Waals surface area contributed by atoms with E-state index in [1.54, 1.807) is 19.1 Å². The number of pyridine rings is 1. The number of hydrogen-bond donors (Lipinski definition) is 3. The van der Waals surface area contributed by atoms with E-state index in [-0.39, 0.29) is 26.6 Å². The van der Waals surface area contributed by atoms with Gasteiger partial charge in [-0.25, -0.2) is 9.78 Å². The molecule has 132 valence electrons. The lowest BCUT2D eigenvalue weighted by Gasteiger charge is -2.11. The van der Waals surface area contributed by atoms with E-state index < -0.39 is 11.7 Å². The number of phenols is 1. The number of carboxylic acid groups (broad SMARTS) is 1. The van der Waals surface area contributed by atoms with Crippen LogP contribution in [0.15, 0.2) is 23.3 Å². The van der Waals surface area contributed by atoms with E-state index in [0.717, 1.165) is 0 Å². The summed E-state index contributed by atoms with van der Waals surface area (Å²) in [6.45, 7) is 1.62. The Kier molecular flexibility index (Phi) is 5.94. The highest BCUT2D eigenvalue weighted by Gasteiger charge is 2.21. The van der Waals surface area contributed by atoms with Gasteiger partial charge in [0, 0.05) is 11.6 Å². The molecule has 0 fully saturated rings. The summed E-state index contributed by atoms with van der Waals surface area (Å²) in [5.74, 6) is -0.918. The van der Waals surface area contributed by atoms with Crippen molar-refractivity contribution in [3.8, 4) is 11.5 Å². The summed E-state index contributed by atoms with van der Waals surface area (Å²) in [6.07, 6.45) is 0. The first kappa shape index (κ1) is 19.1. The zero-order chi connectivity index (χ0) is 18.7. The fourth-order valence-corrected chi connectivity index (χ4v) is 2.56. The van der Waals surface area contributed by atoms with E-state index in [2.05, 4.69) is 15.5 Å². The van der Waals surface area contributed by atoms with Crippen LogP contribution in [0.4, 0.5) is 5.69 Å². The lowest BCUT2D eigenvalue weighted by molar-refractivity contribution is 0.0691. The number of hydrazone groups is 1. The number of carbonyl (C=O) groups is 1. The van der Waals surface area contributed by atoms with Crippen molar-refractivity contribution >= 4 is 52.2 Å². The third-order valence-electron chi connectivity index (χ3n) is 3.17. The summed E-state index contributed by atoms with van der Waals surface area (Å²) in [6, 6.07) is 4.69. The molecule has 0 aliphatic carbocycles. The summed E-state index contributed by atoms with van der Waals surface area (Å²) < 4.78 is 5.01. The molecule has 0 saturated carbocycles. The predicted octanol–water partition coefficient (Wildman–Crippen LogP) is 4.29. The Labute approximate surface area is 157 Å². The number of aromatic hydroxyl groups is 1. The van der Waals surface area contributed by atoms with Gasteiger partial charge < -0.3 is 14.9 Å². The monoisotopic (exact) mass is 403 g/mol. The average molecular weight is 405 g/mol. The largest absolute Gasteiger partial charge is 0.507 e.